The number of aliphatic hydroxyl groups excluding tert-OH is 1. The highest BCUT2D eigenvalue weighted by atomic mass is 35.5. The van der Waals surface area contributed by atoms with Crippen molar-refractivity contribution in [1.29, 1.82) is 0 Å². The number of nitrogens with one attached hydrogen (secondary N) is 1. The number of benzene rings is 1. The molecule has 3 aromatic rings. The second-order valence-electron chi connectivity index (χ2n) is 8.95. The van der Waals surface area contributed by atoms with E-state index in [0.29, 0.717) is 21.5 Å². The minimum Gasteiger partial charge on any atom is -0.511 e. The molecule has 0 saturated heterocycles. The molecule has 1 saturated carbocycles. The van der Waals surface area contributed by atoms with Crippen LogP contribution in [0.4, 0.5) is 0 Å². The van der Waals surface area contributed by atoms with Crippen molar-refractivity contribution < 1.29 is 14.6 Å². The number of aromatic nitrogens is 1. The van der Waals surface area contributed by atoms with E-state index < -0.39 is 5.54 Å². The van der Waals surface area contributed by atoms with Crippen LogP contribution in [0.2, 0.25) is 5.02 Å². The molecule has 2 aliphatic rings. The Balaban J connectivity index is 1.48. The van der Waals surface area contributed by atoms with E-state index >= 15 is 0 Å². The van der Waals surface area contributed by atoms with E-state index in [1.165, 1.54) is 48.8 Å². The molecule has 0 spiro atoms. The van der Waals surface area contributed by atoms with Crippen LogP contribution in [0.1, 0.15) is 56.2 Å². The molecule has 2 N–H and O–H groups in total. The molecule has 8 heteroatoms. The van der Waals surface area contributed by atoms with E-state index in [9.17, 15) is 9.90 Å². The average Bonchev–Trinajstić information content (AvgIpc) is 3.29. The molecular weight excluding hydrogens is 500 g/mol. The van der Waals surface area contributed by atoms with E-state index in [1.54, 1.807) is 6.07 Å². The summed E-state index contributed by atoms with van der Waals surface area (Å²) in [6.07, 6.45) is 7.25. The summed E-state index contributed by atoms with van der Waals surface area (Å²) >= 11 is 9.01. The van der Waals surface area contributed by atoms with E-state index in [4.69, 9.17) is 21.3 Å². The number of hydrogen-bond acceptors (Lipinski definition) is 6. The van der Waals surface area contributed by atoms with Crippen LogP contribution in [-0.4, -0.2) is 22.1 Å². The first kappa shape index (κ1) is 24.2. The summed E-state index contributed by atoms with van der Waals surface area (Å²) in [6.45, 7) is 0. The number of hydrogen-bond donors (Lipinski definition) is 2. The Bertz CT molecular complexity index is 1220. The summed E-state index contributed by atoms with van der Waals surface area (Å²) in [5, 5.41) is 18.8. The normalized spacial score (nSPS) is 21.5. The number of carbonyl (C=O) groups excluding carboxylic acids is 1. The van der Waals surface area contributed by atoms with Gasteiger partial charge in [-0.3, -0.25) is 4.79 Å². The molecule has 1 unspecified atom stereocenters. The van der Waals surface area contributed by atoms with Gasteiger partial charge >= 0.3 is 0 Å². The minimum absolute atomic E-state index is 0.0155. The quantitative estimate of drug-likeness (QED) is 0.332. The Kier molecular flexibility index (Phi) is 7.37. The number of halogens is 1. The summed E-state index contributed by atoms with van der Waals surface area (Å²) in [7, 11) is 0. The second kappa shape index (κ2) is 10.6. The van der Waals surface area contributed by atoms with Crippen LogP contribution in [0.3, 0.4) is 0 Å². The van der Waals surface area contributed by atoms with Gasteiger partial charge in [0, 0.05) is 17.4 Å². The van der Waals surface area contributed by atoms with Gasteiger partial charge in [-0.2, -0.15) is 11.3 Å². The summed E-state index contributed by atoms with van der Waals surface area (Å²) in [5.41, 5.74) is 0.529. The maximum atomic E-state index is 13.4. The van der Waals surface area contributed by atoms with Crippen LogP contribution >= 0.6 is 34.7 Å². The highest BCUT2D eigenvalue weighted by Gasteiger charge is 2.44. The Hall–Kier alpha value is -2.48. The fourth-order valence-corrected chi connectivity index (χ4v) is 6.58. The number of nitrogens with zero attached hydrogens (tertiary/aromatic N) is 1. The van der Waals surface area contributed by atoms with Crippen LogP contribution in [0.15, 0.2) is 74.9 Å². The van der Waals surface area contributed by atoms with Gasteiger partial charge in [-0.05, 0) is 66.3 Å². The van der Waals surface area contributed by atoms with Gasteiger partial charge in [-0.25, -0.2) is 4.98 Å². The Morgan fingerprint density at radius 2 is 1.89 bits per heavy atom. The fourth-order valence-electron chi connectivity index (χ4n) is 4.73. The molecule has 1 aliphatic carbocycles. The molecule has 0 radical (unpaired) electrons. The minimum atomic E-state index is -0.992. The topological polar surface area (TPSA) is 71.5 Å². The Morgan fingerprint density at radius 1 is 1.09 bits per heavy atom. The fraction of sp³-hybridized carbons (Fsp3) is 0.333. The molecule has 3 heterocycles. The van der Waals surface area contributed by atoms with Gasteiger partial charge in [0.1, 0.15) is 22.3 Å². The standard InChI is InChI=1S/C27H27ClN2O3S2/c28-20-10-5-6-11-22(20)35-25-21(31)16-27(30-26(25)32,18-14-15-34-17-18)23-12-7-13-24(29-23)33-19-8-3-1-2-4-9-19/h5-7,10-15,17,19,31H,1-4,8-9,16H2,(H,30,32). The molecule has 1 atom stereocenters. The third-order valence-electron chi connectivity index (χ3n) is 6.54. The molecule has 0 bridgehead atoms. The first-order valence-corrected chi connectivity index (χ1v) is 14.0. The molecule has 5 nitrogen and oxygen atoms in total. The van der Waals surface area contributed by atoms with E-state index in [1.807, 2.05) is 53.2 Å². The summed E-state index contributed by atoms with van der Waals surface area (Å²) < 4.78 is 6.28. The van der Waals surface area contributed by atoms with Gasteiger partial charge < -0.3 is 15.2 Å². The summed E-state index contributed by atoms with van der Waals surface area (Å²) in [5.74, 6) is 0.210. The number of ether oxygens (including phenoxy) is 1. The number of carbonyl (C=O) groups is 1. The molecule has 182 valence electrons. The van der Waals surface area contributed by atoms with Gasteiger partial charge in [0.25, 0.3) is 5.91 Å². The highest BCUT2D eigenvalue weighted by Crippen LogP contribution is 2.44. The molecule has 2 aromatic heterocycles. The van der Waals surface area contributed by atoms with Crippen molar-refractivity contribution in [1.82, 2.24) is 10.3 Å². The lowest BCUT2D eigenvalue weighted by Gasteiger charge is -2.37. The van der Waals surface area contributed by atoms with Gasteiger partial charge in [-0.1, -0.05) is 54.4 Å². The zero-order chi connectivity index (χ0) is 24.3. The maximum absolute atomic E-state index is 13.4. The Labute approximate surface area is 218 Å². The van der Waals surface area contributed by atoms with Crippen LogP contribution in [0, 0.1) is 0 Å². The average molecular weight is 527 g/mol. The van der Waals surface area contributed by atoms with Gasteiger partial charge in [0.15, 0.2) is 0 Å². The maximum Gasteiger partial charge on any atom is 0.262 e. The van der Waals surface area contributed by atoms with Crippen molar-refractivity contribution in [3.05, 3.63) is 86.2 Å². The molecule has 1 aliphatic heterocycles. The second-order valence-corrected chi connectivity index (χ2v) is 11.2. The van der Waals surface area contributed by atoms with Crippen molar-refractivity contribution in [2.45, 2.75) is 61.5 Å². The van der Waals surface area contributed by atoms with E-state index in [-0.39, 0.29) is 29.1 Å². The lowest BCUT2D eigenvalue weighted by molar-refractivity contribution is -0.119. The van der Waals surface area contributed by atoms with Gasteiger partial charge in [-0.15, -0.1) is 0 Å². The number of aliphatic hydroxyl groups is 1. The Morgan fingerprint density at radius 3 is 2.60 bits per heavy atom. The molecule has 5 rings (SSSR count). The lowest BCUT2D eigenvalue weighted by atomic mass is 9.82. The van der Waals surface area contributed by atoms with Crippen LogP contribution in [0.5, 0.6) is 5.88 Å². The highest BCUT2D eigenvalue weighted by molar-refractivity contribution is 8.04. The molecule has 35 heavy (non-hydrogen) atoms. The largest absolute Gasteiger partial charge is 0.511 e. The van der Waals surface area contributed by atoms with Crippen LogP contribution in [-0.2, 0) is 10.3 Å². The van der Waals surface area contributed by atoms with Crippen LogP contribution < -0.4 is 10.1 Å². The van der Waals surface area contributed by atoms with Crippen LogP contribution in [0.25, 0.3) is 0 Å². The monoisotopic (exact) mass is 526 g/mol. The summed E-state index contributed by atoms with van der Waals surface area (Å²) in [4.78, 5) is 19.2. The van der Waals surface area contributed by atoms with Crippen molar-refractivity contribution in [3.8, 4) is 5.88 Å². The number of pyridine rings is 1. The van der Waals surface area contributed by atoms with Crippen molar-refractivity contribution >= 4 is 40.6 Å². The van der Waals surface area contributed by atoms with Crippen molar-refractivity contribution in [3.63, 3.8) is 0 Å². The van der Waals surface area contributed by atoms with Crippen molar-refractivity contribution in [2.24, 2.45) is 0 Å². The smallest absolute Gasteiger partial charge is 0.262 e. The molecular formula is C27H27ClN2O3S2. The zero-order valence-corrected chi connectivity index (χ0v) is 21.6. The molecule has 1 fully saturated rings. The number of rotatable bonds is 6. The number of amides is 1. The van der Waals surface area contributed by atoms with Gasteiger partial charge in [0.05, 0.1) is 10.7 Å². The first-order valence-electron chi connectivity index (χ1n) is 11.9. The number of thioether (sulfide) groups is 1. The molecule has 1 amide bonds. The van der Waals surface area contributed by atoms with Crippen molar-refractivity contribution in [2.75, 3.05) is 0 Å². The van der Waals surface area contributed by atoms with E-state index in [2.05, 4.69) is 5.32 Å². The zero-order valence-electron chi connectivity index (χ0n) is 19.2. The number of thiophene rings is 1. The predicted octanol–water partition coefficient (Wildman–Crippen LogP) is 7.22. The summed E-state index contributed by atoms with van der Waals surface area (Å²) in [6, 6.07) is 14.9. The lowest BCUT2D eigenvalue weighted by Crippen LogP contribution is -2.50. The third kappa shape index (κ3) is 5.22. The van der Waals surface area contributed by atoms with E-state index in [0.717, 1.165) is 18.4 Å². The molecule has 1 aromatic carbocycles. The SMILES string of the molecule is O=C1NC(c2ccsc2)(c2cccc(OC3CCCCCC3)n2)CC(O)=C1Sc1ccccc1Cl. The van der Waals surface area contributed by atoms with Gasteiger partial charge in [0.2, 0.25) is 5.88 Å². The third-order valence-corrected chi connectivity index (χ3v) is 8.87. The first-order chi connectivity index (χ1) is 17.0. The predicted molar refractivity (Wildman–Crippen MR) is 141 cm³/mol.